The number of allylic oxidation sites excluding steroid dienone is 1. The lowest BCUT2D eigenvalue weighted by atomic mass is 10.4. The average Bonchev–Trinajstić information content (AvgIpc) is 2.31. The van der Waals surface area contributed by atoms with Gasteiger partial charge >= 0.3 is 0 Å². The van der Waals surface area contributed by atoms with Crippen LogP contribution in [-0.2, 0) is 11.8 Å². The van der Waals surface area contributed by atoms with Crippen molar-refractivity contribution < 1.29 is 4.79 Å². The zero-order chi connectivity index (χ0) is 7.40. The Labute approximate surface area is 59.8 Å². The maximum atomic E-state index is 9.92. The number of rotatable bonds is 2. The number of aldehydes is 1. The quantitative estimate of drug-likeness (QED) is 0.441. The van der Waals surface area contributed by atoms with Gasteiger partial charge in [-0.25, -0.2) is 0 Å². The van der Waals surface area contributed by atoms with Gasteiger partial charge in [-0.15, -0.1) is 0 Å². The molecule has 0 bridgehead atoms. The van der Waals surface area contributed by atoms with Crippen LogP contribution in [0.25, 0.3) is 6.08 Å². The van der Waals surface area contributed by atoms with Crippen LogP contribution in [0.5, 0.6) is 0 Å². The first-order valence-electron chi connectivity index (χ1n) is 3.08. The highest BCUT2D eigenvalue weighted by Crippen LogP contribution is 2.00. The lowest BCUT2D eigenvalue weighted by Crippen LogP contribution is -1.86. The van der Waals surface area contributed by atoms with Crippen molar-refractivity contribution in [2.24, 2.45) is 7.05 Å². The fourth-order valence-corrected chi connectivity index (χ4v) is 0.785. The Hall–Kier alpha value is -1.31. The Balaban J connectivity index is 2.83. The molecule has 52 valence electrons. The molecule has 0 aliphatic heterocycles. The molecule has 0 radical (unpaired) electrons. The summed E-state index contributed by atoms with van der Waals surface area (Å²) in [6.45, 7) is 0. The largest absolute Gasteiger partial charge is 0.351 e. The second-order valence-corrected chi connectivity index (χ2v) is 2.04. The van der Waals surface area contributed by atoms with Gasteiger partial charge in [-0.2, -0.15) is 0 Å². The maximum Gasteiger partial charge on any atom is 0.142 e. The second kappa shape index (κ2) is 3.01. The molecule has 0 aromatic carbocycles. The predicted octanol–water partition coefficient (Wildman–Crippen LogP) is 1.24. The van der Waals surface area contributed by atoms with E-state index in [0.29, 0.717) is 0 Å². The van der Waals surface area contributed by atoms with Crippen molar-refractivity contribution in [1.29, 1.82) is 0 Å². The molecule has 0 aliphatic carbocycles. The number of aryl methyl sites for hydroxylation is 1. The second-order valence-electron chi connectivity index (χ2n) is 2.04. The minimum atomic E-state index is 0.771. The first-order chi connectivity index (χ1) is 4.84. The third-order valence-electron chi connectivity index (χ3n) is 1.33. The Morgan fingerprint density at radius 2 is 2.40 bits per heavy atom. The van der Waals surface area contributed by atoms with Crippen LogP contribution < -0.4 is 0 Å². The molecular weight excluding hydrogens is 126 g/mol. The molecule has 0 unspecified atom stereocenters. The van der Waals surface area contributed by atoms with Crippen molar-refractivity contribution in [1.82, 2.24) is 4.57 Å². The molecule has 0 saturated heterocycles. The van der Waals surface area contributed by atoms with E-state index < -0.39 is 0 Å². The van der Waals surface area contributed by atoms with Crippen molar-refractivity contribution in [2.45, 2.75) is 0 Å². The lowest BCUT2D eigenvalue weighted by Gasteiger charge is -1.92. The summed E-state index contributed by atoms with van der Waals surface area (Å²) in [5, 5.41) is 0. The van der Waals surface area contributed by atoms with E-state index in [0.717, 1.165) is 12.0 Å². The molecule has 10 heavy (non-hydrogen) atoms. The van der Waals surface area contributed by atoms with E-state index in [1.54, 1.807) is 6.08 Å². The summed E-state index contributed by atoms with van der Waals surface area (Å²) in [4.78, 5) is 9.92. The molecule has 0 amide bonds. The summed E-state index contributed by atoms with van der Waals surface area (Å²) in [6, 6.07) is 3.88. The Morgan fingerprint density at radius 3 is 2.90 bits per heavy atom. The van der Waals surface area contributed by atoms with Crippen LogP contribution in [0.15, 0.2) is 24.4 Å². The standard InChI is InChI=1S/C8H9NO/c1-9-6-2-4-8(9)5-3-7-10/h2-7H,1H3/b5-3+. The third-order valence-corrected chi connectivity index (χ3v) is 1.33. The fraction of sp³-hybridized carbons (Fsp3) is 0.125. The molecule has 0 N–H and O–H groups in total. The monoisotopic (exact) mass is 135 g/mol. The van der Waals surface area contributed by atoms with E-state index in [1.165, 1.54) is 6.08 Å². The molecular formula is C8H9NO. The highest BCUT2D eigenvalue weighted by Gasteiger charge is 1.87. The molecule has 1 aromatic heterocycles. The van der Waals surface area contributed by atoms with Gasteiger partial charge in [-0.3, -0.25) is 4.79 Å². The first-order valence-corrected chi connectivity index (χ1v) is 3.08. The number of carbonyl (C=O) groups is 1. The smallest absolute Gasteiger partial charge is 0.142 e. The molecule has 0 saturated carbocycles. The van der Waals surface area contributed by atoms with E-state index in [1.807, 2.05) is 29.9 Å². The third kappa shape index (κ3) is 1.35. The fourth-order valence-electron chi connectivity index (χ4n) is 0.785. The van der Waals surface area contributed by atoms with E-state index in [-0.39, 0.29) is 0 Å². The molecule has 1 rings (SSSR count). The number of aromatic nitrogens is 1. The van der Waals surface area contributed by atoms with Gasteiger partial charge in [0.25, 0.3) is 0 Å². The average molecular weight is 135 g/mol. The van der Waals surface area contributed by atoms with Gasteiger partial charge in [0.1, 0.15) is 6.29 Å². The molecule has 1 heterocycles. The van der Waals surface area contributed by atoms with Crippen LogP contribution in [0.2, 0.25) is 0 Å². The van der Waals surface area contributed by atoms with E-state index in [2.05, 4.69) is 0 Å². The first kappa shape index (κ1) is 6.81. The van der Waals surface area contributed by atoms with Gasteiger partial charge in [0.15, 0.2) is 0 Å². The Bertz CT molecular complexity index is 248. The van der Waals surface area contributed by atoms with Gasteiger partial charge in [-0.1, -0.05) is 0 Å². The summed E-state index contributed by atoms with van der Waals surface area (Å²) in [5.41, 5.74) is 1.03. The van der Waals surface area contributed by atoms with E-state index >= 15 is 0 Å². The van der Waals surface area contributed by atoms with E-state index in [9.17, 15) is 4.79 Å². The molecule has 0 fully saturated rings. The maximum absolute atomic E-state index is 9.92. The van der Waals surface area contributed by atoms with Crippen molar-refractivity contribution in [3.05, 3.63) is 30.1 Å². The van der Waals surface area contributed by atoms with Crippen LogP contribution in [0.1, 0.15) is 5.69 Å². The number of nitrogens with zero attached hydrogens (tertiary/aromatic N) is 1. The van der Waals surface area contributed by atoms with Crippen molar-refractivity contribution in [3.63, 3.8) is 0 Å². The van der Waals surface area contributed by atoms with Crippen LogP contribution in [0.4, 0.5) is 0 Å². The molecule has 0 aliphatic rings. The lowest BCUT2D eigenvalue weighted by molar-refractivity contribution is -0.104. The van der Waals surface area contributed by atoms with Crippen LogP contribution >= 0.6 is 0 Å². The number of carbonyl (C=O) groups excluding carboxylic acids is 1. The topological polar surface area (TPSA) is 22.0 Å². The summed E-state index contributed by atoms with van der Waals surface area (Å²) < 4.78 is 1.94. The van der Waals surface area contributed by atoms with Crippen LogP contribution in [0.3, 0.4) is 0 Å². The van der Waals surface area contributed by atoms with Crippen molar-refractivity contribution in [2.75, 3.05) is 0 Å². The van der Waals surface area contributed by atoms with Gasteiger partial charge in [0.05, 0.1) is 0 Å². The zero-order valence-corrected chi connectivity index (χ0v) is 5.82. The highest BCUT2D eigenvalue weighted by atomic mass is 16.1. The Kier molecular flexibility index (Phi) is 2.05. The van der Waals surface area contributed by atoms with Gasteiger partial charge in [0, 0.05) is 18.9 Å². The van der Waals surface area contributed by atoms with Gasteiger partial charge < -0.3 is 4.57 Å². The van der Waals surface area contributed by atoms with Crippen LogP contribution in [0, 0.1) is 0 Å². The number of hydrogen-bond acceptors (Lipinski definition) is 1. The molecule has 0 atom stereocenters. The predicted molar refractivity (Wildman–Crippen MR) is 40.5 cm³/mol. The molecule has 2 nitrogen and oxygen atoms in total. The minimum absolute atomic E-state index is 0.771. The van der Waals surface area contributed by atoms with Gasteiger partial charge in [0.2, 0.25) is 0 Å². The summed E-state index contributed by atoms with van der Waals surface area (Å²) in [6.07, 6.45) is 5.96. The Morgan fingerprint density at radius 1 is 1.60 bits per heavy atom. The zero-order valence-electron chi connectivity index (χ0n) is 5.82. The molecule has 1 aromatic rings. The van der Waals surface area contributed by atoms with Gasteiger partial charge in [-0.05, 0) is 24.3 Å². The normalized spacial score (nSPS) is 10.5. The van der Waals surface area contributed by atoms with Crippen molar-refractivity contribution >= 4 is 12.4 Å². The summed E-state index contributed by atoms with van der Waals surface area (Å²) >= 11 is 0. The summed E-state index contributed by atoms with van der Waals surface area (Å²) in [5.74, 6) is 0. The number of hydrogen-bond donors (Lipinski definition) is 0. The van der Waals surface area contributed by atoms with Crippen LogP contribution in [-0.4, -0.2) is 10.9 Å². The summed E-state index contributed by atoms with van der Waals surface area (Å²) in [7, 11) is 1.93. The molecule has 0 spiro atoms. The minimum Gasteiger partial charge on any atom is -0.351 e. The van der Waals surface area contributed by atoms with E-state index in [4.69, 9.17) is 0 Å². The molecule has 2 heteroatoms. The highest BCUT2D eigenvalue weighted by molar-refractivity contribution is 5.73. The SMILES string of the molecule is Cn1cccc1/C=C/C=O. The van der Waals surface area contributed by atoms with Crippen molar-refractivity contribution in [3.8, 4) is 0 Å².